The third-order valence-corrected chi connectivity index (χ3v) is 3.79. The molecule has 1 aromatic carbocycles. The maximum Gasteiger partial charge on any atom is 0.260 e. The maximum absolute atomic E-state index is 12.2. The summed E-state index contributed by atoms with van der Waals surface area (Å²) in [4.78, 5) is 27.0. The van der Waals surface area contributed by atoms with Crippen molar-refractivity contribution < 1.29 is 14.3 Å². The van der Waals surface area contributed by atoms with Gasteiger partial charge in [0.2, 0.25) is 5.91 Å². The lowest BCUT2D eigenvalue weighted by molar-refractivity contribution is -0.134. The van der Waals surface area contributed by atoms with Gasteiger partial charge in [0.1, 0.15) is 5.75 Å². The van der Waals surface area contributed by atoms with Gasteiger partial charge in [-0.15, -0.1) is 0 Å². The number of hydrogen-bond acceptors (Lipinski definition) is 3. The zero-order valence-corrected chi connectivity index (χ0v) is 12.8. The predicted molar refractivity (Wildman–Crippen MR) is 80.4 cm³/mol. The average molecular weight is 311 g/mol. The molecule has 0 radical (unpaired) electrons. The van der Waals surface area contributed by atoms with E-state index in [4.69, 9.17) is 16.3 Å². The van der Waals surface area contributed by atoms with E-state index in [1.807, 2.05) is 12.1 Å². The minimum atomic E-state index is -0.0830. The summed E-state index contributed by atoms with van der Waals surface area (Å²) in [6.07, 6.45) is 0.789. The molecule has 1 aliphatic rings. The van der Waals surface area contributed by atoms with E-state index >= 15 is 0 Å². The van der Waals surface area contributed by atoms with Crippen LogP contribution in [0.25, 0.3) is 0 Å². The first kappa shape index (κ1) is 15.6. The van der Waals surface area contributed by atoms with E-state index in [0.717, 1.165) is 6.42 Å². The molecule has 2 rings (SSSR count). The lowest BCUT2D eigenvalue weighted by atomic mass is 10.3. The Balaban J connectivity index is 1.86. The summed E-state index contributed by atoms with van der Waals surface area (Å²) in [5.74, 6) is 0.477. The molecule has 1 saturated heterocycles. The number of carbonyl (C=O) groups excluding carboxylic acids is 2. The van der Waals surface area contributed by atoms with E-state index < -0.39 is 0 Å². The molecule has 0 saturated carbocycles. The smallest absolute Gasteiger partial charge is 0.260 e. The Bertz CT molecular complexity index is 521. The predicted octanol–water partition coefficient (Wildman–Crippen LogP) is 1.80. The van der Waals surface area contributed by atoms with E-state index in [9.17, 15) is 9.59 Å². The van der Waals surface area contributed by atoms with Gasteiger partial charge in [0.05, 0.1) is 5.02 Å². The molecular weight excluding hydrogens is 292 g/mol. The summed E-state index contributed by atoms with van der Waals surface area (Å²) in [7, 11) is 0. The van der Waals surface area contributed by atoms with Gasteiger partial charge in [-0.3, -0.25) is 9.59 Å². The Morgan fingerprint density at radius 3 is 2.52 bits per heavy atom. The largest absolute Gasteiger partial charge is 0.482 e. The first-order valence-corrected chi connectivity index (χ1v) is 7.36. The molecular formula is C15H19ClN2O3. The standard InChI is InChI=1S/C15H19ClN2O3/c1-12(19)17-7-4-8-18(10-9-17)15(20)11-21-14-6-3-2-5-13(14)16/h2-3,5-6H,4,7-11H2,1H3. The number of rotatable bonds is 3. The second kappa shape index (κ2) is 7.31. The van der Waals surface area contributed by atoms with Crippen molar-refractivity contribution in [2.45, 2.75) is 13.3 Å². The van der Waals surface area contributed by atoms with Crippen LogP contribution < -0.4 is 4.74 Å². The van der Waals surface area contributed by atoms with Crippen LogP contribution in [0.4, 0.5) is 0 Å². The van der Waals surface area contributed by atoms with Crippen molar-refractivity contribution in [3.8, 4) is 5.75 Å². The van der Waals surface area contributed by atoms with Crippen molar-refractivity contribution in [2.24, 2.45) is 0 Å². The van der Waals surface area contributed by atoms with Crippen molar-refractivity contribution in [2.75, 3.05) is 32.8 Å². The summed E-state index contributed by atoms with van der Waals surface area (Å²) < 4.78 is 5.46. The number of halogens is 1. The van der Waals surface area contributed by atoms with E-state index in [2.05, 4.69) is 0 Å². The molecule has 1 fully saturated rings. The molecule has 2 amide bonds. The van der Waals surface area contributed by atoms with Gasteiger partial charge in [-0.25, -0.2) is 0 Å². The van der Waals surface area contributed by atoms with E-state index in [0.29, 0.717) is 37.0 Å². The van der Waals surface area contributed by atoms with E-state index in [1.165, 1.54) is 0 Å². The zero-order valence-electron chi connectivity index (χ0n) is 12.0. The van der Waals surface area contributed by atoms with Gasteiger partial charge in [-0.2, -0.15) is 0 Å². The molecule has 6 heteroatoms. The molecule has 114 valence electrons. The van der Waals surface area contributed by atoms with E-state index in [1.54, 1.807) is 28.9 Å². The normalized spacial score (nSPS) is 15.5. The molecule has 0 spiro atoms. The number of nitrogens with zero attached hydrogens (tertiary/aromatic N) is 2. The van der Waals surface area contributed by atoms with Crippen molar-refractivity contribution >= 4 is 23.4 Å². The molecule has 0 aromatic heterocycles. The number of carbonyl (C=O) groups is 2. The highest BCUT2D eigenvalue weighted by atomic mass is 35.5. The van der Waals surface area contributed by atoms with Crippen LogP contribution in [0, 0.1) is 0 Å². The molecule has 0 aliphatic carbocycles. The van der Waals surface area contributed by atoms with Crippen LogP contribution in [0.2, 0.25) is 5.02 Å². The molecule has 1 heterocycles. The molecule has 21 heavy (non-hydrogen) atoms. The summed E-state index contributed by atoms with van der Waals surface area (Å²) >= 11 is 5.98. The van der Waals surface area contributed by atoms with Crippen LogP contribution in [0.15, 0.2) is 24.3 Å². The van der Waals surface area contributed by atoms with Crippen molar-refractivity contribution in [1.82, 2.24) is 9.80 Å². The minimum absolute atomic E-state index is 0.0379. The monoisotopic (exact) mass is 310 g/mol. The highest BCUT2D eigenvalue weighted by Gasteiger charge is 2.20. The topological polar surface area (TPSA) is 49.9 Å². The second-order valence-electron chi connectivity index (χ2n) is 4.96. The lowest BCUT2D eigenvalue weighted by Crippen LogP contribution is -2.38. The van der Waals surface area contributed by atoms with Gasteiger partial charge in [0.25, 0.3) is 5.91 Å². The Labute approximate surface area is 129 Å². The average Bonchev–Trinajstić information content (AvgIpc) is 2.72. The fraction of sp³-hybridized carbons (Fsp3) is 0.467. The van der Waals surface area contributed by atoms with Crippen LogP contribution in [-0.4, -0.2) is 54.4 Å². The van der Waals surface area contributed by atoms with Crippen molar-refractivity contribution in [3.05, 3.63) is 29.3 Å². The van der Waals surface area contributed by atoms with Crippen LogP contribution in [-0.2, 0) is 9.59 Å². The quantitative estimate of drug-likeness (QED) is 0.855. The highest BCUT2D eigenvalue weighted by Crippen LogP contribution is 2.23. The van der Waals surface area contributed by atoms with Crippen molar-refractivity contribution in [1.29, 1.82) is 0 Å². The first-order chi connectivity index (χ1) is 10.1. The van der Waals surface area contributed by atoms with Gasteiger partial charge >= 0.3 is 0 Å². The molecule has 5 nitrogen and oxygen atoms in total. The number of ether oxygens (including phenoxy) is 1. The first-order valence-electron chi connectivity index (χ1n) is 6.98. The fourth-order valence-corrected chi connectivity index (χ4v) is 2.46. The van der Waals surface area contributed by atoms with Gasteiger partial charge < -0.3 is 14.5 Å². The van der Waals surface area contributed by atoms with Crippen LogP contribution in [0.5, 0.6) is 5.75 Å². The Hall–Kier alpha value is -1.75. The summed E-state index contributed by atoms with van der Waals surface area (Å²) in [6.45, 7) is 3.98. The minimum Gasteiger partial charge on any atom is -0.482 e. The van der Waals surface area contributed by atoms with Crippen LogP contribution in [0.1, 0.15) is 13.3 Å². The number of para-hydroxylation sites is 1. The van der Waals surface area contributed by atoms with Gasteiger partial charge in [0, 0.05) is 33.1 Å². The fourth-order valence-electron chi connectivity index (χ4n) is 2.27. The molecule has 1 aliphatic heterocycles. The third kappa shape index (κ3) is 4.36. The Morgan fingerprint density at radius 1 is 1.14 bits per heavy atom. The third-order valence-electron chi connectivity index (χ3n) is 3.48. The summed E-state index contributed by atoms with van der Waals surface area (Å²) in [5, 5.41) is 0.490. The lowest BCUT2D eigenvalue weighted by Gasteiger charge is -2.21. The Kier molecular flexibility index (Phi) is 5.44. The van der Waals surface area contributed by atoms with Gasteiger partial charge in [-0.1, -0.05) is 23.7 Å². The maximum atomic E-state index is 12.2. The van der Waals surface area contributed by atoms with Gasteiger partial charge in [0.15, 0.2) is 6.61 Å². The summed E-state index contributed by atoms with van der Waals surface area (Å²) in [5.41, 5.74) is 0. The summed E-state index contributed by atoms with van der Waals surface area (Å²) in [6, 6.07) is 7.07. The number of benzene rings is 1. The Morgan fingerprint density at radius 2 is 1.81 bits per heavy atom. The van der Waals surface area contributed by atoms with Gasteiger partial charge in [-0.05, 0) is 18.6 Å². The number of amides is 2. The van der Waals surface area contributed by atoms with Crippen LogP contribution in [0.3, 0.4) is 0 Å². The molecule has 0 N–H and O–H groups in total. The zero-order chi connectivity index (χ0) is 15.2. The molecule has 0 unspecified atom stereocenters. The molecule has 0 bridgehead atoms. The highest BCUT2D eigenvalue weighted by molar-refractivity contribution is 6.32. The van der Waals surface area contributed by atoms with Crippen LogP contribution >= 0.6 is 11.6 Å². The SMILES string of the molecule is CC(=O)N1CCCN(C(=O)COc2ccccc2Cl)CC1. The molecule has 1 aromatic rings. The molecule has 0 atom stereocenters. The second-order valence-corrected chi connectivity index (χ2v) is 5.37. The van der Waals surface area contributed by atoms with Crippen molar-refractivity contribution in [3.63, 3.8) is 0 Å². The number of hydrogen-bond donors (Lipinski definition) is 0. The van der Waals surface area contributed by atoms with E-state index in [-0.39, 0.29) is 18.4 Å².